The van der Waals surface area contributed by atoms with Crippen molar-refractivity contribution in [3.63, 3.8) is 0 Å². The number of ether oxygens (including phenoxy) is 1. The van der Waals surface area contributed by atoms with E-state index in [1.807, 2.05) is 24.3 Å². The van der Waals surface area contributed by atoms with Gasteiger partial charge in [-0.05, 0) is 54.5 Å². The van der Waals surface area contributed by atoms with Crippen LogP contribution in [0.15, 0.2) is 53.4 Å². The number of thiocarbonyl (C=S) groups is 1. The maximum Gasteiger partial charge on any atom is 0.285 e. The van der Waals surface area contributed by atoms with Gasteiger partial charge in [0.2, 0.25) is 0 Å². The number of halogens is 1. The number of hydrazine groups is 1. The topological polar surface area (TPSA) is 58.6 Å². The summed E-state index contributed by atoms with van der Waals surface area (Å²) >= 11 is 12.5. The summed E-state index contributed by atoms with van der Waals surface area (Å²) in [4.78, 5) is 25.6. The van der Waals surface area contributed by atoms with Gasteiger partial charge in [0.15, 0.2) is 4.32 Å². The zero-order valence-electron chi connectivity index (χ0n) is 17.1. The average Bonchev–Trinajstić information content (AvgIpc) is 3.02. The highest BCUT2D eigenvalue weighted by molar-refractivity contribution is 8.26. The predicted molar refractivity (Wildman–Crippen MR) is 130 cm³/mol. The molecule has 1 N–H and O–H groups in total. The Bertz CT molecular complexity index is 993. The number of hydrogen-bond donors (Lipinski definition) is 1. The molecule has 1 saturated heterocycles. The molecule has 162 valence electrons. The minimum absolute atomic E-state index is 0.253. The van der Waals surface area contributed by atoms with Gasteiger partial charge in [-0.1, -0.05) is 73.8 Å². The summed E-state index contributed by atoms with van der Waals surface area (Å²) in [6.45, 7) is 2.88. The molecule has 0 radical (unpaired) electrons. The molecule has 1 aliphatic rings. The van der Waals surface area contributed by atoms with Crippen LogP contribution in [0.2, 0.25) is 5.02 Å². The van der Waals surface area contributed by atoms with Gasteiger partial charge in [0, 0.05) is 0 Å². The number of hydrogen-bond acceptors (Lipinski definition) is 5. The number of carbonyl (C=O) groups excluding carboxylic acids is 2. The Morgan fingerprint density at radius 1 is 1.16 bits per heavy atom. The van der Waals surface area contributed by atoms with Gasteiger partial charge in [-0.15, -0.1) is 0 Å². The molecule has 0 spiro atoms. The molecular weight excluding hydrogens is 452 g/mol. The Kier molecular flexibility index (Phi) is 8.51. The first-order valence-electron chi connectivity index (χ1n) is 10.1. The van der Waals surface area contributed by atoms with Crippen LogP contribution >= 0.6 is 35.6 Å². The maximum atomic E-state index is 12.7. The fourth-order valence-corrected chi connectivity index (χ4v) is 4.30. The van der Waals surface area contributed by atoms with Gasteiger partial charge >= 0.3 is 0 Å². The van der Waals surface area contributed by atoms with Crippen molar-refractivity contribution >= 4 is 57.8 Å². The molecule has 8 heteroatoms. The van der Waals surface area contributed by atoms with Gasteiger partial charge in [0.25, 0.3) is 11.8 Å². The maximum absolute atomic E-state index is 12.7. The lowest BCUT2D eigenvalue weighted by Gasteiger charge is -2.16. The van der Waals surface area contributed by atoms with Crippen LogP contribution in [0.1, 0.15) is 48.5 Å². The van der Waals surface area contributed by atoms with Crippen molar-refractivity contribution in [2.24, 2.45) is 0 Å². The summed E-state index contributed by atoms with van der Waals surface area (Å²) in [5, 5.41) is 1.37. The molecule has 0 unspecified atom stereocenters. The van der Waals surface area contributed by atoms with E-state index in [-0.39, 0.29) is 15.8 Å². The molecular formula is C23H23ClN2O3S2. The molecule has 1 aliphatic heterocycles. The second-order valence-electron chi connectivity index (χ2n) is 6.92. The number of amides is 2. The normalized spacial score (nSPS) is 14.9. The van der Waals surface area contributed by atoms with Crippen molar-refractivity contribution in [3.05, 3.63) is 69.6 Å². The molecule has 1 fully saturated rings. The predicted octanol–water partition coefficient (Wildman–Crippen LogP) is 5.85. The molecule has 3 rings (SSSR count). The zero-order valence-corrected chi connectivity index (χ0v) is 19.5. The van der Waals surface area contributed by atoms with E-state index in [1.165, 1.54) is 19.3 Å². The van der Waals surface area contributed by atoms with Crippen LogP contribution in [-0.4, -0.2) is 27.8 Å². The quantitative estimate of drug-likeness (QED) is 0.281. The molecule has 0 aromatic heterocycles. The van der Waals surface area contributed by atoms with E-state index in [4.69, 9.17) is 28.6 Å². The van der Waals surface area contributed by atoms with Crippen LogP contribution in [0.3, 0.4) is 0 Å². The fraction of sp³-hybridized carbons (Fsp3) is 0.261. The number of nitrogens with one attached hydrogen (secondary N) is 1. The van der Waals surface area contributed by atoms with Gasteiger partial charge in [-0.25, -0.2) is 0 Å². The Labute approximate surface area is 196 Å². The minimum atomic E-state index is -0.497. The van der Waals surface area contributed by atoms with Crippen molar-refractivity contribution in [2.45, 2.75) is 32.6 Å². The van der Waals surface area contributed by atoms with E-state index in [0.717, 1.165) is 34.5 Å². The van der Waals surface area contributed by atoms with Gasteiger partial charge in [-0.2, -0.15) is 5.01 Å². The summed E-state index contributed by atoms with van der Waals surface area (Å²) in [7, 11) is 0. The van der Waals surface area contributed by atoms with E-state index >= 15 is 0 Å². The molecule has 5 nitrogen and oxygen atoms in total. The lowest BCUT2D eigenvalue weighted by molar-refractivity contribution is -0.123. The van der Waals surface area contributed by atoms with E-state index < -0.39 is 5.91 Å². The van der Waals surface area contributed by atoms with E-state index in [0.29, 0.717) is 16.5 Å². The van der Waals surface area contributed by atoms with E-state index in [2.05, 4.69) is 12.3 Å². The molecule has 2 aromatic carbocycles. The van der Waals surface area contributed by atoms with Crippen molar-refractivity contribution in [3.8, 4) is 5.75 Å². The number of unbranched alkanes of at least 4 members (excludes halogenated alkanes) is 3. The Hall–Kier alpha value is -2.35. The Balaban J connectivity index is 1.61. The summed E-state index contributed by atoms with van der Waals surface area (Å²) in [6.07, 6.45) is 6.37. The standard InChI is InChI=1S/C23H23ClN2O3S2/c1-2-3-4-7-14-29-17-12-10-16(11-13-17)15-20-22(28)26(23(30)31-20)25-21(27)18-8-5-6-9-19(18)24/h5-6,8-13,15H,2-4,7,14H2,1H3,(H,25,27)/b20-15-. The number of carbonyl (C=O) groups is 2. The second kappa shape index (κ2) is 11.3. The molecule has 2 aromatic rings. The molecule has 0 atom stereocenters. The molecule has 0 saturated carbocycles. The van der Waals surface area contributed by atoms with Crippen molar-refractivity contribution in [1.82, 2.24) is 10.4 Å². The van der Waals surface area contributed by atoms with Crippen LogP contribution in [0, 0.1) is 0 Å². The number of rotatable bonds is 9. The SMILES string of the molecule is CCCCCCOc1ccc(/C=C2\SC(=S)N(NC(=O)c3ccccc3Cl)C2=O)cc1. The highest BCUT2D eigenvalue weighted by atomic mass is 35.5. The Morgan fingerprint density at radius 3 is 2.61 bits per heavy atom. The molecule has 31 heavy (non-hydrogen) atoms. The second-order valence-corrected chi connectivity index (χ2v) is 9.00. The van der Waals surface area contributed by atoms with Gasteiger partial charge < -0.3 is 4.74 Å². The van der Waals surface area contributed by atoms with Crippen LogP contribution < -0.4 is 10.2 Å². The lowest BCUT2D eigenvalue weighted by atomic mass is 10.2. The van der Waals surface area contributed by atoms with Gasteiger partial charge in [0.1, 0.15) is 5.75 Å². The summed E-state index contributed by atoms with van der Waals surface area (Å²) in [6, 6.07) is 14.1. The third-order valence-electron chi connectivity index (χ3n) is 4.57. The largest absolute Gasteiger partial charge is 0.494 e. The van der Waals surface area contributed by atoms with Gasteiger partial charge in [0.05, 0.1) is 22.1 Å². The van der Waals surface area contributed by atoms with Crippen LogP contribution in [0.25, 0.3) is 6.08 Å². The zero-order chi connectivity index (χ0) is 22.2. The first kappa shape index (κ1) is 23.3. The molecule has 1 heterocycles. The molecule has 2 amide bonds. The molecule has 0 bridgehead atoms. The number of thioether (sulfide) groups is 1. The Morgan fingerprint density at radius 2 is 1.90 bits per heavy atom. The number of nitrogens with zero attached hydrogens (tertiary/aromatic N) is 1. The third kappa shape index (κ3) is 6.32. The van der Waals surface area contributed by atoms with Crippen molar-refractivity contribution in [1.29, 1.82) is 0 Å². The first-order chi connectivity index (χ1) is 15.0. The highest BCUT2D eigenvalue weighted by Crippen LogP contribution is 2.32. The lowest BCUT2D eigenvalue weighted by Crippen LogP contribution is -2.44. The summed E-state index contributed by atoms with van der Waals surface area (Å²) in [5.74, 6) is -0.0801. The monoisotopic (exact) mass is 474 g/mol. The fourth-order valence-electron chi connectivity index (χ4n) is 2.90. The average molecular weight is 475 g/mol. The minimum Gasteiger partial charge on any atom is -0.494 e. The smallest absolute Gasteiger partial charge is 0.285 e. The van der Waals surface area contributed by atoms with Crippen LogP contribution in [0.5, 0.6) is 5.75 Å². The van der Waals surface area contributed by atoms with Gasteiger partial charge in [-0.3, -0.25) is 15.0 Å². The van der Waals surface area contributed by atoms with Crippen LogP contribution in [0.4, 0.5) is 0 Å². The summed E-state index contributed by atoms with van der Waals surface area (Å²) < 4.78 is 6.00. The van der Waals surface area contributed by atoms with Crippen LogP contribution in [-0.2, 0) is 4.79 Å². The number of benzene rings is 2. The first-order valence-corrected chi connectivity index (χ1v) is 11.7. The third-order valence-corrected chi connectivity index (χ3v) is 6.20. The summed E-state index contributed by atoms with van der Waals surface area (Å²) in [5.41, 5.74) is 3.65. The van der Waals surface area contributed by atoms with E-state index in [9.17, 15) is 9.59 Å². The van der Waals surface area contributed by atoms with Crippen molar-refractivity contribution < 1.29 is 14.3 Å². The molecule has 0 aliphatic carbocycles. The van der Waals surface area contributed by atoms with Crippen molar-refractivity contribution in [2.75, 3.05) is 6.61 Å². The highest BCUT2D eigenvalue weighted by Gasteiger charge is 2.34. The van der Waals surface area contributed by atoms with E-state index in [1.54, 1.807) is 30.3 Å².